The third-order valence-corrected chi connectivity index (χ3v) is 1.81. The molecular formula is C10H17N3O3. The molecule has 0 saturated carbocycles. The maximum Gasteiger partial charge on any atom is 0.233 e. The first-order valence-corrected chi connectivity index (χ1v) is 5.09. The molecule has 0 spiro atoms. The quantitative estimate of drug-likeness (QED) is 0.629. The summed E-state index contributed by atoms with van der Waals surface area (Å²) in [5.74, 6) is 0.479. The zero-order valence-corrected chi connectivity index (χ0v) is 9.39. The largest absolute Gasteiger partial charge is 0.474 e. The van der Waals surface area contributed by atoms with Crippen molar-refractivity contribution in [2.24, 2.45) is 5.73 Å². The van der Waals surface area contributed by atoms with Crippen LogP contribution >= 0.6 is 0 Å². The molecule has 6 nitrogen and oxygen atoms in total. The van der Waals surface area contributed by atoms with E-state index in [9.17, 15) is 0 Å². The fourth-order valence-electron chi connectivity index (χ4n) is 0.983. The molecule has 0 aliphatic carbocycles. The molecule has 0 fully saturated rings. The van der Waals surface area contributed by atoms with E-state index in [0.29, 0.717) is 38.9 Å². The van der Waals surface area contributed by atoms with Gasteiger partial charge in [0.05, 0.1) is 25.5 Å². The van der Waals surface area contributed by atoms with Crippen LogP contribution < -0.4 is 10.5 Å². The van der Waals surface area contributed by atoms with Gasteiger partial charge in [0, 0.05) is 19.7 Å². The standard InChI is InChI=1S/C10H17N3O3/c1-14-4-5-15-6-7-16-10-3-2-9(8-11)12-13-10/h2-3H,4-8,11H2,1H3. The van der Waals surface area contributed by atoms with Gasteiger partial charge in [-0.25, -0.2) is 0 Å². The lowest BCUT2D eigenvalue weighted by molar-refractivity contribution is 0.0535. The van der Waals surface area contributed by atoms with Gasteiger partial charge in [-0.1, -0.05) is 0 Å². The van der Waals surface area contributed by atoms with Gasteiger partial charge in [-0.3, -0.25) is 0 Å². The van der Waals surface area contributed by atoms with Gasteiger partial charge in [0.15, 0.2) is 0 Å². The highest BCUT2D eigenvalue weighted by Gasteiger charge is 1.97. The number of methoxy groups -OCH3 is 1. The number of hydrogen-bond donors (Lipinski definition) is 1. The minimum absolute atomic E-state index is 0.382. The molecule has 0 saturated heterocycles. The predicted molar refractivity (Wildman–Crippen MR) is 58.1 cm³/mol. The van der Waals surface area contributed by atoms with Crippen molar-refractivity contribution >= 4 is 0 Å². The average molecular weight is 227 g/mol. The van der Waals surface area contributed by atoms with Crippen molar-refractivity contribution in [1.82, 2.24) is 10.2 Å². The lowest BCUT2D eigenvalue weighted by Gasteiger charge is -2.05. The molecule has 0 bridgehead atoms. The topological polar surface area (TPSA) is 79.5 Å². The Morgan fingerprint density at radius 2 is 1.94 bits per heavy atom. The third-order valence-electron chi connectivity index (χ3n) is 1.81. The Balaban J connectivity index is 2.12. The molecule has 6 heteroatoms. The van der Waals surface area contributed by atoms with Crippen LogP contribution in [0.2, 0.25) is 0 Å². The van der Waals surface area contributed by atoms with Crippen molar-refractivity contribution in [3.05, 3.63) is 17.8 Å². The zero-order chi connectivity index (χ0) is 11.6. The summed E-state index contributed by atoms with van der Waals surface area (Å²) in [6.07, 6.45) is 0. The van der Waals surface area contributed by atoms with Crippen LogP contribution in [0.25, 0.3) is 0 Å². The van der Waals surface area contributed by atoms with Crippen molar-refractivity contribution in [3.8, 4) is 5.88 Å². The average Bonchev–Trinajstić information content (AvgIpc) is 2.34. The maximum atomic E-state index is 5.39. The fraction of sp³-hybridized carbons (Fsp3) is 0.600. The summed E-state index contributed by atoms with van der Waals surface area (Å²) in [5.41, 5.74) is 6.13. The van der Waals surface area contributed by atoms with E-state index in [0.717, 1.165) is 5.69 Å². The van der Waals surface area contributed by atoms with Gasteiger partial charge in [0.25, 0.3) is 0 Å². The number of nitrogens with zero attached hydrogens (tertiary/aromatic N) is 2. The van der Waals surface area contributed by atoms with Gasteiger partial charge in [0.2, 0.25) is 5.88 Å². The Labute approximate surface area is 94.7 Å². The molecule has 16 heavy (non-hydrogen) atoms. The van der Waals surface area contributed by atoms with E-state index in [4.69, 9.17) is 19.9 Å². The van der Waals surface area contributed by atoms with Crippen molar-refractivity contribution in [2.45, 2.75) is 6.54 Å². The van der Waals surface area contributed by atoms with E-state index in [2.05, 4.69) is 10.2 Å². The molecule has 0 aromatic carbocycles. The molecule has 2 N–H and O–H groups in total. The molecule has 1 aromatic rings. The van der Waals surface area contributed by atoms with E-state index < -0.39 is 0 Å². The Kier molecular flexibility index (Phi) is 6.39. The number of aromatic nitrogens is 2. The number of ether oxygens (including phenoxy) is 3. The molecule has 0 aliphatic heterocycles. The van der Waals surface area contributed by atoms with Crippen LogP contribution in [0.4, 0.5) is 0 Å². The molecule has 1 heterocycles. The van der Waals surface area contributed by atoms with Crippen LogP contribution in [0.1, 0.15) is 5.69 Å². The zero-order valence-electron chi connectivity index (χ0n) is 9.39. The van der Waals surface area contributed by atoms with Gasteiger partial charge in [-0.2, -0.15) is 5.10 Å². The minimum Gasteiger partial charge on any atom is -0.474 e. The lowest BCUT2D eigenvalue weighted by atomic mass is 10.4. The molecule has 0 radical (unpaired) electrons. The van der Waals surface area contributed by atoms with Crippen LogP contribution in [0.15, 0.2) is 12.1 Å². The highest BCUT2D eigenvalue weighted by atomic mass is 16.5. The van der Waals surface area contributed by atoms with Crippen molar-refractivity contribution in [3.63, 3.8) is 0 Å². The minimum atomic E-state index is 0.382. The second-order valence-corrected chi connectivity index (χ2v) is 3.02. The highest BCUT2D eigenvalue weighted by Crippen LogP contribution is 2.03. The monoisotopic (exact) mass is 227 g/mol. The molecule has 1 aromatic heterocycles. The third kappa shape index (κ3) is 5.01. The van der Waals surface area contributed by atoms with Crippen LogP contribution in [0, 0.1) is 0 Å². The molecule has 0 atom stereocenters. The van der Waals surface area contributed by atoms with Gasteiger partial charge in [-0.15, -0.1) is 5.10 Å². The van der Waals surface area contributed by atoms with Crippen molar-refractivity contribution < 1.29 is 14.2 Å². The summed E-state index contributed by atoms with van der Waals surface area (Å²) in [7, 11) is 1.63. The first kappa shape index (κ1) is 12.8. The van der Waals surface area contributed by atoms with Crippen molar-refractivity contribution in [2.75, 3.05) is 33.5 Å². The Morgan fingerprint density at radius 3 is 2.56 bits per heavy atom. The molecule has 0 aliphatic rings. The van der Waals surface area contributed by atoms with E-state index in [-0.39, 0.29) is 0 Å². The summed E-state index contributed by atoms with van der Waals surface area (Å²) < 4.78 is 15.4. The number of rotatable bonds is 8. The van der Waals surface area contributed by atoms with Gasteiger partial charge < -0.3 is 19.9 Å². The lowest BCUT2D eigenvalue weighted by Crippen LogP contribution is -2.11. The Bertz CT molecular complexity index is 279. The van der Waals surface area contributed by atoms with Crippen LogP contribution in [-0.4, -0.2) is 43.7 Å². The summed E-state index contributed by atoms with van der Waals surface area (Å²) in [4.78, 5) is 0. The first-order valence-electron chi connectivity index (χ1n) is 5.09. The molecule has 1 rings (SSSR count). The summed E-state index contributed by atoms with van der Waals surface area (Å²) >= 11 is 0. The fourth-order valence-corrected chi connectivity index (χ4v) is 0.983. The maximum absolute atomic E-state index is 5.39. The van der Waals surface area contributed by atoms with Gasteiger partial charge in [0.1, 0.15) is 6.61 Å². The smallest absolute Gasteiger partial charge is 0.233 e. The molecule has 90 valence electrons. The van der Waals surface area contributed by atoms with E-state index >= 15 is 0 Å². The van der Waals surface area contributed by atoms with Crippen LogP contribution in [-0.2, 0) is 16.0 Å². The number of nitrogens with two attached hydrogens (primary N) is 1. The van der Waals surface area contributed by atoms with Crippen LogP contribution in [0.3, 0.4) is 0 Å². The molecular weight excluding hydrogens is 210 g/mol. The predicted octanol–water partition coefficient (Wildman–Crippen LogP) is -0.0229. The SMILES string of the molecule is COCCOCCOc1ccc(CN)nn1. The normalized spacial score (nSPS) is 10.4. The Morgan fingerprint density at radius 1 is 1.12 bits per heavy atom. The molecule has 0 unspecified atom stereocenters. The first-order chi connectivity index (χ1) is 7.86. The van der Waals surface area contributed by atoms with Crippen LogP contribution in [0.5, 0.6) is 5.88 Å². The summed E-state index contributed by atoms with van der Waals surface area (Å²) in [6.45, 7) is 2.49. The number of hydrogen-bond acceptors (Lipinski definition) is 6. The highest BCUT2D eigenvalue weighted by molar-refractivity contribution is 5.10. The van der Waals surface area contributed by atoms with E-state index in [1.165, 1.54) is 0 Å². The van der Waals surface area contributed by atoms with Crippen molar-refractivity contribution in [1.29, 1.82) is 0 Å². The van der Waals surface area contributed by atoms with E-state index in [1.807, 2.05) is 0 Å². The molecule has 0 amide bonds. The second-order valence-electron chi connectivity index (χ2n) is 3.02. The van der Waals surface area contributed by atoms with Gasteiger partial charge >= 0.3 is 0 Å². The van der Waals surface area contributed by atoms with E-state index in [1.54, 1.807) is 19.2 Å². The summed E-state index contributed by atoms with van der Waals surface area (Å²) in [5, 5.41) is 7.72. The van der Waals surface area contributed by atoms with Gasteiger partial charge in [-0.05, 0) is 6.07 Å². The second kappa shape index (κ2) is 7.98. The summed E-state index contributed by atoms with van der Waals surface area (Å²) in [6, 6.07) is 3.53. The Hall–Kier alpha value is -1.24.